The highest BCUT2D eigenvalue weighted by molar-refractivity contribution is 5.77. The van der Waals surface area contributed by atoms with E-state index in [1.54, 1.807) is 0 Å². The molecule has 6 N–H and O–H groups in total. The Balaban J connectivity index is 1.59. The molecule has 0 radical (unpaired) electrons. The number of imidazole rings is 1. The predicted molar refractivity (Wildman–Crippen MR) is 104 cm³/mol. The highest BCUT2D eigenvalue weighted by Crippen LogP contribution is 2.33. The van der Waals surface area contributed by atoms with Gasteiger partial charge in [-0.15, -0.1) is 0 Å². The molecule has 0 aliphatic carbocycles. The fourth-order valence-electron chi connectivity index (χ4n) is 3.35. The lowest BCUT2D eigenvalue weighted by atomic mass is 10.1. The summed E-state index contributed by atoms with van der Waals surface area (Å²) in [5.74, 6) is -0.0371. The number of aliphatic hydroxyl groups excluding tert-OH is 4. The van der Waals surface area contributed by atoms with Crippen LogP contribution in [0.4, 0.5) is 5.95 Å². The molecule has 0 saturated carbocycles. The largest absolute Gasteiger partial charge is 0.473 e. The van der Waals surface area contributed by atoms with Gasteiger partial charge in [-0.25, -0.2) is 4.98 Å². The van der Waals surface area contributed by atoms with Crippen molar-refractivity contribution in [1.29, 1.82) is 0 Å². The average molecular weight is 417 g/mol. The quantitative estimate of drug-likeness (QED) is 0.350. The van der Waals surface area contributed by atoms with Crippen LogP contribution in [-0.4, -0.2) is 71.5 Å². The molecule has 4 rings (SSSR count). The number of aromatic nitrogens is 4. The molecule has 160 valence electrons. The minimum absolute atomic E-state index is 0.0640. The lowest BCUT2D eigenvalue weighted by Gasteiger charge is -2.17. The third-order valence-electron chi connectivity index (χ3n) is 5.04. The van der Waals surface area contributed by atoms with Crippen LogP contribution in [0, 0.1) is 6.92 Å². The van der Waals surface area contributed by atoms with Crippen molar-refractivity contribution in [2.75, 3.05) is 18.9 Å². The zero-order valence-electron chi connectivity index (χ0n) is 16.2. The number of fused-ring (bicyclic) bond motifs is 1. The SMILES string of the molecule is Cc1ccc([C@H](O)COc2nc(N)nc3c2ncn3[C@@H]2O[C@H](CO)[C@@H](O)[C@H]2O)cc1. The van der Waals surface area contributed by atoms with Gasteiger partial charge in [0.2, 0.25) is 11.8 Å². The van der Waals surface area contributed by atoms with Crippen molar-refractivity contribution in [2.24, 2.45) is 0 Å². The van der Waals surface area contributed by atoms with Crippen molar-refractivity contribution in [3.8, 4) is 5.88 Å². The summed E-state index contributed by atoms with van der Waals surface area (Å²) >= 11 is 0. The molecule has 2 aromatic heterocycles. The first-order valence-electron chi connectivity index (χ1n) is 9.39. The van der Waals surface area contributed by atoms with Crippen LogP contribution >= 0.6 is 0 Å². The molecule has 11 heteroatoms. The highest BCUT2D eigenvalue weighted by Gasteiger charge is 2.44. The fraction of sp³-hybridized carbons (Fsp3) is 0.421. The molecule has 3 aromatic rings. The molecule has 0 bridgehead atoms. The van der Waals surface area contributed by atoms with E-state index >= 15 is 0 Å². The Morgan fingerprint density at radius 3 is 2.60 bits per heavy atom. The molecule has 0 amide bonds. The Bertz CT molecular complexity index is 1030. The first-order chi connectivity index (χ1) is 14.4. The molecular formula is C19H23N5O6. The molecule has 11 nitrogen and oxygen atoms in total. The van der Waals surface area contributed by atoms with E-state index in [-0.39, 0.29) is 29.6 Å². The molecule has 30 heavy (non-hydrogen) atoms. The Kier molecular flexibility index (Phi) is 5.54. The first kappa shape index (κ1) is 20.4. The molecule has 1 fully saturated rings. The van der Waals surface area contributed by atoms with E-state index in [4.69, 9.17) is 15.2 Å². The molecule has 0 unspecified atom stereocenters. The van der Waals surface area contributed by atoms with Crippen molar-refractivity contribution in [2.45, 2.75) is 37.6 Å². The second-order valence-electron chi connectivity index (χ2n) is 7.18. The maximum atomic E-state index is 10.4. The van der Waals surface area contributed by atoms with Crippen LogP contribution in [0.15, 0.2) is 30.6 Å². The van der Waals surface area contributed by atoms with Gasteiger partial charge in [0.1, 0.15) is 31.0 Å². The number of anilines is 1. The summed E-state index contributed by atoms with van der Waals surface area (Å²) in [6.45, 7) is 1.41. The minimum atomic E-state index is -1.30. The zero-order chi connectivity index (χ0) is 21.4. The van der Waals surface area contributed by atoms with Crippen LogP contribution in [0.5, 0.6) is 5.88 Å². The number of nitrogens with zero attached hydrogens (tertiary/aromatic N) is 4. The summed E-state index contributed by atoms with van der Waals surface area (Å²) in [4.78, 5) is 12.4. The van der Waals surface area contributed by atoms with E-state index in [0.29, 0.717) is 5.56 Å². The summed E-state index contributed by atoms with van der Waals surface area (Å²) in [5, 5.41) is 40.0. The van der Waals surface area contributed by atoms with Crippen molar-refractivity contribution < 1.29 is 29.9 Å². The van der Waals surface area contributed by atoms with Crippen LogP contribution in [0.1, 0.15) is 23.5 Å². The standard InChI is InChI=1S/C19H23N5O6/c1-9-2-4-10(5-3-9)11(26)7-29-17-13-16(22-19(20)23-17)24(8-21-13)18-15(28)14(27)12(6-25)30-18/h2-5,8,11-12,14-15,18,25-28H,6-7H2,1H3,(H2,20,22,23)/t11-,12-,14-,15-,18-/m1/s1. The predicted octanol–water partition coefficient (Wildman–Crippen LogP) is -0.559. The number of benzene rings is 1. The van der Waals surface area contributed by atoms with Gasteiger partial charge in [-0.3, -0.25) is 4.57 Å². The van der Waals surface area contributed by atoms with Crippen LogP contribution in [0.3, 0.4) is 0 Å². The molecule has 1 aliphatic rings. The highest BCUT2D eigenvalue weighted by atomic mass is 16.6. The van der Waals surface area contributed by atoms with Crippen LogP contribution in [0.25, 0.3) is 11.2 Å². The molecule has 1 aliphatic heterocycles. The van der Waals surface area contributed by atoms with E-state index in [2.05, 4.69) is 15.0 Å². The zero-order valence-corrected chi connectivity index (χ0v) is 16.2. The summed E-state index contributed by atoms with van der Waals surface area (Å²) in [7, 11) is 0. The van der Waals surface area contributed by atoms with Crippen molar-refractivity contribution >= 4 is 17.1 Å². The number of nitrogen functional groups attached to an aromatic ring is 1. The summed E-state index contributed by atoms with van der Waals surface area (Å²) < 4.78 is 12.6. The molecule has 0 spiro atoms. The van der Waals surface area contributed by atoms with Gasteiger partial charge in [-0.05, 0) is 12.5 Å². The second-order valence-corrected chi connectivity index (χ2v) is 7.18. The number of hydrogen-bond acceptors (Lipinski definition) is 10. The molecule has 3 heterocycles. The van der Waals surface area contributed by atoms with Crippen molar-refractivity contribution in [3.63, 3.8) is 0 Å². The summed E-state index contributed by atoms with van der Waals surface area (Å²) in [6, 6.07) is 7.40. The fourth-order valence-corrected chi connectivity index (χ4v) is 3.35. The van der Waals surface area contributed by atoms with Crippen molar-refractivity contribution in [3.05, 3.63) is 41.7 Å². The Hall–Kier alpha value is -2.83. The van der Waals surface area contributed by atoms with E-state index < -0.39 is 37.3 Å². The number of aryl methyl sites for hydroxylation is 1. The minimum Gasteiger partial charge on any atom is -0.473 e. The van der Waals surface area contributed by atoms with Crippen LogP contribution < -0.4 is 10.5 Å². The van der Waals surface area contributed by atoms with Gasteiger partial charge >= 0.3 is 0 Å². The molecule has 1 saturated heterocycles. The monoisotopic (exact) mass is 417 g/mol. The van der Waals surface area contributed by atoms with Gasteiger partial charge in [0, 0.05) is 0 Å². The van der Waals surface area contributed by atoms with E-state index in [0.717, 1.165) is 5.56 Å². The Morgan fingerprint density at radius 1 is 1.20 bits per heavy atom. The van der Waals surface area contributed by atoms with Crippen LogP contribution in [-0.2, 0) is 4.74 Å². The van der Waals surface area contributed by atoms with Crippen molar-refractivity contribution in [1.82, 2.24) is 19.5 Å². The molecule has 1 aromatic carbocycles. The lowest BCUT2D eigenvalue weighted by Crippen LogP contribution is -2.33. The van der Waals surface area contributed by atoms with Gasteiger partial charge in [-0.2, -0.15) is 9.97 Å². The van der Waals surface area contributed by atoms with Gasteiger partial charge in [0.15, 0.2) is 17.4 Å². The third kappa shape index (κ3) is 3.68. The topological polar surface area (TPSA) is 169 Å². The molecular weight excluding hydrogens is 394 g/mol. The Morgan fingerprint density at radius 2 is 1.93 bits per heavy atom. The maximum absolute atomic E-state index is 10.4. The second kappa shape index (κ2) is 8.13. The smallest absolute Gasteiger partial charge is 0.247 e. The number of hydrogen-bond donors (Lipinski definition) is 5. The van der Waals surface area contributed by atoms with E-state index in [1.807, 2.05) is 31.2 Å². The van der Waals surface area contributed by atoms with Crippen LogP contribution in [0.2, 0.25) is 0 Å². The third-order valence-corrected chi connectivity index (χ3v) is 5.04. The first-order valence-corrected chi connectivity index (χ1v) is 9.39. The maximum Gasteiger partial charge on any atom is 0.247 e. The summed E-state index contributed by atoms with van der Waals surface area (Å²) in [5.41, 5.74) is 8.04. The number of ether oxygens (including phenoxy) is 2. The summed E-state index contributed by atoms with van der Waals surface area (Å²) in [6.07, 6.45) is -4.08. The number of aliphatic hydroxyl groups is 4. The van der Waals surface area contributed by atoms with Gasteiger partial charge in [0.25, 0.3) is 0 Å². The normalized spacial score (nSPS) is 25.0. The average Bonchev–Trinajstić information content (AvgIpc) is 3.27. The van der Waals surface area contributed by atoms with Gasteiger partial charge in [-0.1, -0.05) is 29.8 Å². The number of rotatable bonds is 6. The Labute approximate surface area is 171 Å². The van der Waals surface area contributed by atoms with Gasteiger partial charge in [0.05, 0.1) is 12.9 Å². The van der Waals surface area contributed by atoms with E-state index in [9.17, 15) is 20.4 Å². The lowest BCUT2D eigenvalue weighted by molar-refractivity contribution is -0.0511. The van der Waals surface area contributed by atoms with Gasteiger partial charge < -0.3 is 35.6 Å². The number of nitrogens with two attached hydrogens (primary N) is 1. The van der Waals surface area contributed by atoms with E-state index in [1.165, 1.54) is 10.9 Å². The molecule has 5 atom stereocenters.